The van der Waals surface area contributed by atoms with Crippen molar-refractivity contribution in [3.8, 4) is 0 Å². The minimum Gasteiger partial charge on any atom is -0.322 e. The number of hydrogen-bond acceptors (Lipinski definition) is 2. The van der Waals surface area contributed by atoms with E-state index in [0.29, 0.717) is 21.3 Å². The molecule has 1 aromatic carbocycles. The molecule has 1 amide bonds. The summed E-state index contributed by atoms with van der Waals surface area (Å²) in [5.74, 6) is 2.42. The number of pyridine rings is 1. The molecule has 1 aromatic heterocycles. The molecule has 1 N–H and O–H groups in total. The molecule has 6 rings (SSSR count). The fraction of sp³-hybridized carbons (Fsp3) is 0.455. The van der Waals surface area contributed by atoms with Gasteiger partial charge in [0.2, 0.25) is 0 Å². The Hall–Kier alpha value is -1.58. The van der Waals surface area contributed by atoms with Crippen LogP contribution in [0.25, 0.3) is 0 Å². The third-order valence-corrected chi connectivity index (χ3v) is 7.52. The zero-order valence-corrected chi connectivity index (χ0v) is 16.6. The first kappa shape index (κ1) is 17.5. The van der Waals surface area contributed by atoms with Crippen molar-refractivity contribution >= 4 is 34.8 Å². The number of carbonyl (C=O) groups excluding carboxylic acids is 1. The summed E-state index contributed by atoms with van der Waals surface area (Å²) in [4.78, 5) is 17.5. The number of nitrogens with zero attached hydrogens (tertiary/aromatic N) is 1. The molecule has 1 heterocycles. The van der Waals surface area contributed by atoms with Crippen LogP contribution in [0.3, 0.4) is 0 Å². The summed E-state index contributed by atoms with van der Waals surface area (Å²) in [6.45, 7) is 0. The first-order valence-corrected chi connectivity index (χ1v) is 10.5. The molecule has 4 fully saturated rings. The number of aromatic nitrogens is 1. The quantitative estimate of drug-likeness (QED) is 0.674. The van der Waals surface area contributed by atoms with Crippen molar-refractivity contribution in [3.05, 3.63) is 57.8 Å². The van der Waals surface area contributed by atoms with Gasteiger partial charge in [-0.25, -0.2) is 0 Å². The van der Waals surface area contributed by atoms with E-state index in [2.05, 4.69) is 5.32 Å². The van der Waals surface area contributed by atoms with Gasteiger partial charge in [-0.2, -0.15) is 0 Å². The first-order chi connectivity index (χ1) is 13.0. The van der Waals surface area contributed by atoms with E-state index in [4.69, 9.17) is 28.2 Å². The number of hydrogen-bond donors (Lipinski definition) is 1. The van der Waals surface area contributed by atoms with E-state index in [1.165, 1.54) is 38.5 Å². The molecule has 4 saturated carbocycles. The van der Waals surface area contributed by atoms with Gasteiger partial charge in [0.25, 0.3) is 5.91 Å². The van der Waals surface area contributed by atoms with Gasteiger partial charge >= 0.3 is 0 Å². The lowest BCUT2D eigenvalue weighted by atomic mass is 9.48. The first-order valence-electron chi connectivity index (χ1n) is 9.74. The van der Waals surface area contributed by atoms with Crippen LogP contribution >= 0.6 is 23.2 Å². The normalized spacial score (nSPS) is 31.1. The average Bonchev–Trinajstić information content (AvgIpc) is 2.64. The molecular formula is C22H22Cl2N2O. The number of carbonyl (C=O) groups is 1. The van der Waals surface area contributed by atoms with E-state index in [9.17, 15) is 4.79 Å². The zero-order valence-electron chi connectivity index (χ0n) is 15.1. The van der Waals surface area contributed by atoms with Crippen molar-refractivity contribution < 1.29 is 4.79 Å². The van der Waals surface area contributed by atoms with Crippen LogP contribution in [0.15, 0.2) is 36.5 Å². The van der Waals surface area contributed by atoms with E-state index in [1.807, 2.05) is 6.07 Å². The number of benzene rings is 1. The molecule has 4 aliphatic rings. The minimum atomic E-state index is -0.137. The van der Waals surface area contributed by atoms with Gasteiger partial charge in [0, 0.05) is 28.6 Å². The molecule has 0 saturated heterocycles. The SMILES string of the molecule is O=C(Nc1ccc(Cl)c(Cl)c1)c1ccnc(C23CC4CC(CC(C4)C2)C3)c1. The summed E-state index contributed by atoms with van der Waals surface area (Å²) in [6.07, 6.45) is 9.71. The zero-order chi connectivity index (χ0) is 18.6. The van der Waals surface area contributed by atoms with Gasteiger partial charge in [0.15, 0.2) is 0 Å². The van der Waals surface area contributed by atoms with Gasteiger partial charge in [-0.15, -0.1) is 0 Å². The van der Waals surface area contributed by atoms with Crippen molar-refractivity contribution in [1.82, 2.24) is 4.98 Å². The predicted octanol–water partition coefficient (Wildman–Crippen LogP) is 6.11. The fourth-order valence-electron chi connectivity index (χ4n) is 6.06. The summed E-state index contributed by atoms with van der Waals surface area (Å²) in [5.41, 5.74) is 2.60. The molecule has 0 radical (unpaired) electrons. The fourth-order valence-corrected chi connectivity index (χ4v) is 6.36. The largest absolute Gasteiger partial charge is 0.322 e. The highest BCUT2D eigenvalue weighted by molar-refractivity contribution is 6.42. The van der Waals surface area contributed by atoms with Crippen molar-refractivity contribution in [2.75, 3.05) is 5.32 Å². The number of nitrogens with one attached hydrogen (secondary N) is 1. The molecule has 0 atom stereocenters. The van der Waals surface area contributed by atoms with Gasteiger partial charge < -0.3 is 5.32 Å². The predicted molar refractivity (Wildman–Crippen MR) is 109 cm³/mol. The van der Waals surface area contributed by atoms with Crippen LogP contribution < -0.4 is 5.32 Å². The highest BCUT2D eigenvalue weighted by Gasteiger charge is 2.52. The Balaban J connectivity index is 1.40. The van der Waals surface area contributed by atoms with Gasteiger partial charge in [0.05, 0.1) is 10.0 Å². The Morgan fingerprint density at radius 3 is 2.26 bits per heavy atom. The van der Waals surface area contributed by atoms with Crippen LogP contribution in [0.2, 0.25) is 10.0 Å². The highest BCUT2D eigenvalue weighted by atomic mass is 35.5. The molecule has 0 unspecified atom stereocenters. The second-order valence-corrected chi connectivity index (χ2v) is 9.53. The number of rotatable bonds is 3. The van der Waals surface area contributed by atoms with Crippen LogP contribution in [0.4, 0.5) is 5.69 Å². The molecule has 4 aliphatic carbocycles. The monoisotopic (exact) mass is 400 g/mol. The molecular weight excluding hydrogens is 379 g/mol. The topological polar surface area (TPSA) is 42.0 Å². The summed E-state index contributed by atoms with van der Waals surface area (Å²) >= 11 is 12.0. The minimum absolute atomic E-state index is 0.137. The lowest BCUT2D eigenvalue weighted by Gasteiger charge is -2.56. The number of anilines is 1. The molecule has 0 aliphatic heterocycles. The van der Waals surface area contributed by atoms with Crippen molar-refractivity contribution in [3.63, 3.8) is 0 Å². The van der Waals surface area contributed by atoms with Gasteiger partial charge in [-0.05, 0) is 86.6 Å². The second kappa shape index (κ2) is 6.49. The van der Waals surface area contributed by atoms with Crippen LogP contribution in [-0.2, 0) is 5.41 Å². The molecule has 0 spiro atoms. The van der Waals surface area contributed by atoms with E-state index in [-0.39, 0.29) is 11.3 Å². The van der Waals surface area contributed by atoms with E-state index in [0.717, 1.165) is 23.4 Å². The smallest absolute Gasteiger partial charge is 0.255 e. The van der Waals surface area contributed by atoms with Crippen LogP contribution in [0, 0.1) is 17.8 Å². The Kier molecular flexibility index (Phi) is 4.21. The Bertz CT molecular complexity index is 876. The van der Waals surface area contributed by atoms with Gasteiger partial charge in [-0.1, -0.05) is 23.2 Å². The summed E-state index contributed by atoms with van der Waals surface area (Å²) in [5, 5.41) is 3.82. The maximum atomic E-state index is 12.8. The summed E-state index contributed by atoms with van der Waals surface area (Å²) < 4.78 is 0. The average molecular weight is 401 g/mol. The Morgan fingerprint density at radius 1 is 0.963 bits per heavy atom. The van der Waals surface area contributed by atoms with Crippen LogP contribution in [0.5, 0.6) is 0 Å². The third-order valence-electron chi connectivity index (χ3n) is 6.78. The van der Waals surface area contributed by atoms with Gasteiger partial charge in [0.1, 0.15) is 0 Å². The molecule has 2 aromatic rings. The standard InChI is InChI=1S/C22H22Cl2N2O/c23-18-2-1-17(9-19(18)24)26-21(27)16-3-4-25-20(8-16)22-10-13-5-14(11-22)7-15(6-13)12-22/h1-4,8-9,13-15H,5-7,10-12H2,(H,26,27). The Morgan fingerprint density at radius 2 is 1.63 bits per heavy atom. The summed E-state index contributed by atoms with van der Waals surface area (Å²) in [6, 6.07) is 8.92. The number of amides is 1. The summed E-state index contributed by atoms with van der Waals surface area (Å²) in [7, 11) is 0. The van der Waals surface area contributed by atoms with Crippen molar-refractivity contribution in [2.24, 2.45) is 17.8 Å². The molecule has 140 valence electrons. The van der Waals surface area contributed by atoms with E-state index < -0.39 is 0 Å². The second-order valence-electron chi connectivity index (χ2n) is 8.71. The van der Waals surface area contributed by atoms with Gasteiger partial charge in [-0.3, -0.25) is 9.78 Å². The van der Waals surface area contributed by atoms with Crippen molar-refractivity contribution in [1.29, 1.82) is 0 Å². The maximum absolute atomic E-state index is 12.8. The molecule has 27 heavy (non-hydrogen) atoms. The lowest BCUT2D eigenvalue weighted by Crippen LogP contribution is -2.49. The van der Waals surface area contributed by atoms with E-state index >= 15 is 0 Å². The lowest BCUT2D eigenvalue weighted by molar-refractivity contribution is -0.00721. The maximum Gasteiger partial charge on any atom is 0.255 e. The Labute approximate surface area is 169 Å². The van der Waals surface area contributed by atoms with Crippen molar-refractivity contribution in [2.45, 2.75) is 43.9 Å². The van der Waals surface area contributed by atoms with Crippen LogP contribution in [-0.4, -0.2) is 10.9 Å². The van der Waals surface area contributed by atoms with E-state index in [1.54, 1.807) is 30.5 Å². The number of halogens is 2. The third kappa shape index (κ3) is 3.15. The molecule has 4 bridgehead atoms. The van der Waals surface area contributed by atoms with Crippen LogP contribution in [0.1, 0.15) is 54.6 Å². The molecule has 5 heteroatoms. The highest BCUT2D eigenvalue weighted by Crippen LogP contribution is 2.60. The molecule has 3 nitrogen and oxygen atoms in total.